The van der Waals surface area contributed by atoms with Gasteiger partial charge in [-0.2, -0.15) is 4.99 Å². The van der Waals surface area contributed by atoms with Gasteiger partial charge in [0.2, 0.25) is 0 Å². The van der Waals surface area contributed by atoms with Crippen molar-refractivity contribution in [3.05, 3.63) is 0 Å². The standard InChI is InChI=1S/C12H20N2O2/c1-5-8-9-13-10(15)7(2)11(16)14(9)6-12(8,3)4/h7-8,11,16H,5-6H2,1-4H3. The highest BCUT2D eigenvalue weighted by Crippen LogP contribution is 2.42. The molecule has 0 aromatic rings. The molecule has 0 aromatic heterocycles. The summed E-state index contributed by atoms with van der Waals surface area (Å²) < 4.78 is 0. The number of aliphatic hydroxyl groups excluding tert-OH is 1. The Morgan fingerprint density at radius 2 is 2.19 bits per heavy atom. The summed E-state index contributed by atoms with van der Waals surface area (Å²) in [6.45, 7) is 8.96. The molecule has 1 N–H and O–H groups in total. The average molecular weight is 224 g/mol. The third-order valence-corrected chi connectivity index (χ3v) is 3.92. The maximum absolute atomic E-state index is 11.6. The third kappa shape index (κ3) is 1.47. The Labute approximate surface area is 96.4 Å². The van der Waals surface area contributed by atoms with E-state index in [1.165, 1.54) is 0 Å². The van der Waals surface area contributed by atoms with Crippen LogP contribution in [0.1, 0.15) is 34.1 Å². The maximum atomic E-state index is 11.6. The molecule has 16 heavy (non-hydrogen) atoms. The first kappa shape index (κ1) is 11.6. The van der Waals surface area contributed by atoms with E-state index in [9.17, 15) is 9.90 Å². The summed E-state index contributed by atoms with van der Waals surface area (Å²) in [6, 6.07) is 0. The number of amides is 1. The van der Waals surface area contributed by atoms with Gasteiger partial charge >= 0.3 is 0 Å². The molecule has 4 heteroatoms. The zero-order valence-electron chi connectivity index (χ0n) is 10.4. The largest absolute Gasteiger partial charge is 0.373 e. The molecular formula is C12H20N2O2. The van der Waals surface area contributed by atoms with E-state index in [0.29, 0.717) is 0 Å². The second-order valence-corrected chi connectivity index (χ2v) is 5.59. The molecule has 0 saturated carbocycles. The monoisotopic (exact) mass is 224 g/mol. The Morgan fingerprint density at radius 1 is 1.56 bits per heavy atom. The molecule has 2 rings (SSSR count). The summed E-state index contributed by atoms with van der Waals surface area (Å²) in [5, 5.41) is 10.1. The number of hydrogen-bond acceptors (Lipinski definition) is 3. The highest BCUT2D eigenvalue weighted by molar-refractivity contribution is 6.00. The zero-order chi connectivity index (χ0) is 12.1. The highest BCUT2D eigenvalue weighted by atomic mass is 16.3. The summed E-state index contributed by atoms with van der Waals surface area (Å²) >= 11 is 0. The van der Waals surface area contributed by atoms with Gasteiger partial charge in [0, 0.05) is 12.5 Å². The van der Waals surface area contributed by atoms with E-state index in [1.807, 2.05) is 4.90 Å². The fraction of sp³-hybridized carbons (Fsp3) is 0.833. The minimum absolute atomic E-state index is 0.0822. The molecule has 0 spiro atoms. The molecule has 2 heterocycles. The van der Waals surface area contributed by atoms with E-state index in [1.54, 1.807) is 6.92 Å². The van der Waals surface area contributed by atoms with E-state index in [2.05, 4.69) is 25.8 Å². The molecule has 0 aromatic carbocycles. The molecule has 2 aliphatic rings. The minimum Gasteiger partial charge on any atom is -0.373 e. The maximum Gasteiger partial charge on any atom is 0.254 e. The van der Waals surface area contributed by atoms with Crippen molar-refractivity contribution in [2.24, 2.45) is 22.2 Å². The average Bonchev–Trinajstić information content (AvgIpc) is 2.46. The molecule has 1 fully saturated rings. The Morgan fingerprint density at radius 3 is 2.75 bits per heavy atom. The Balaban J connectivity index is 2.41. The van der Waals surface area contributed by atoms with Gasteiger partial charge in [-0.25, -0.2) is 0 Å². The number of rotatable bonds is 1. The van der Waals surface area contributed by atoms with Crippen LogP contribution in [0.15, 0.2) is 4.99 Å². The van der Waals surface area contributed by atoms with Gasteiger partial charge in [0.15, 0.2) is 0 Å². The molecule has 2 aliphatic heterocycles. The van der Waals surface area contributed by atoms with Crippen LogP contribution in [0, 0.1) is 17.3 Å². The number of amidine groups is 1. The van der Waals surface area contributed by atoms with E-state index < -0.39 is 12.1 Å². The molecule has 3 unspecified atom stereocenters. The number of aliphatic hydroxyl groups is 1. The van der Waals surface area contributed by atoms with Crippen LogP contribution >= 0.6 is 0 Å². The van der Waals surface area contributed by atoms with Gasteiger partial charge in [0.1, 0.15) is 12.1 Å². The smallest absolute Gasteiger partial charge is 0.254 e. The number of carbonyl (C=O) groups excluding carboxylic acids is 1. The SMILES string of the molecule is CCC1C2=NC(=O)C(C)C(O)N2CC1(C)C. The molecular weight excluding hydrogens is 204 g/mol. The van der Waals surface area contributed by atoms with Gasteiger partial charge in [-0.05, 0) is 18.8 Å². The van der Waals surface area contributed by atoms with E-state index in [4.69, 9.17) is 0 Å². The van der Waals surface area contributed by atoms with Crippen molar-refractivity contribution in [2.75, 3.05) is 6.54 Å². The van der Waals surface area contributed by atoms with Crippen molar-refractivity contribution in [3.8, 4) is 0 Å². The van der Waals surface area contributed by atoms with Crippen LogP contribution in [0.4, 0.5) is 0 Å². The van der Waals surface area contributed by atoms with E-state index in [0.717, 1.165) is 18.8 Å². The number of hydrogen-bond donors (Lipinski definition) is 1. The molecule has 4 nitrogen and oxygen atoms in total. The van der Waals surface area contributed by atoms with Gasteiger partial charge in [0.25, 0.3) is 5.91 Å². The first-order chi connectivity index (χ1) is 7.38. The summed E-state index contributed by atoms with van der Waals surface area (Å²) in [6.07, 6.45) is 0.257. The summed E-state index contributed by atoms with van der Waals surface area (Å²) in [5.41, 5.74) is 0.0822. The summed E-state index contributed by atoms with van der Waals surface area (Å²) in [4.78, 5) is 17.7. The van der Waals surface area contributed by atoms with Crippen molar-refractivity contribution < 1.29 is 9.90 Å². The molecule has 1 amide bonds. The predicted octanol–water partition coefficient (Wildman–Crippen LogP) is 1.25. The molecule has 0 radical (unpaired) electrons. The quantitative estimate of drug-likeness (QED) is 0.729. The van der Waals surface area contributed by atoms with Crippen LogP contribution in [0.2, 0.25) is 0 Å². The molecule has 1 saturated heterocycles. The van der Waals surface area contributed by atoms with Gasteiger partial charge < -0.3 is 10.0 Å². The first-order valence-corrected chi connectivity index (χ1v) is 5.95. The molecule has 0 bridgehead atoms. The normalized spacial score (nSPS) is 37.3. The van der Waals surface area contributed by atoms with E-state index >= 15 is 0 Å². The van der Waals surface area contributed by atoms with Crippen molar-refractivity contribution >= 4 is 11.7 Å². The lowest BCUT2D eigenvalue weighted by Crippen LogP contribution is -2.48. The number of carbonyl (C=O) groups is 1. The molecule has 90 valence electrons. The Bertz CT molecular complexity index is 349. The van der Waals surface area contributed by atoms with Crippen LogP contribution in [-0.2, 0) is 4.79 Å². The van der Waals surface area contributed by atoms with Gasteiger partial charge in [-0.15, -0.1) is 0 Å². The van der Waals surface area contributed by atoms with Gasteiger partial charge in [-0.1, -0.05) is 20.8 Å². The van der Waals surface area contributed by atoms with Crippen LogP contribution in [0.25, 0.3) is 0 Å². The van der Waals surface area contributed by atoms with Gasteiger partial charge in [-0.3, -0.25) is 4.79 Å². The molecule has 3 atom stereocenters. The van der Waals surface area contributed by atoms with Crippen LogP contribution in [-0.4, -0.2) is 34.5 Å². The van der Waals surface area contributed by atoms with E-state index in [-0.39, 0.29) is 17.2 Å². The van der Waals surface area contributed by atoms with Crippen LogP contribution < -0.4 is 0 Å². The molecule has 0 aliphatic carbocycles. The number of aliphatic imine (C=N–C) groups is 1. The van der Waals surface area contributed by atoms with Crippen molar-refractivity contribution in [2.45, 2.75) is 40.3 Å². The minimum atomic E-state index is -0.698. The van der Waals surface area contributed by atoms with Gasteiger partial charge in [0.05, 0.1) is 5.92 Å². The fourth-order valence-corrected chi connectivity index (χ4v) is 2.90. The highest BCUT2D eigenvalue weighted by Gasteiger charge is 2.49. The number of nitrogens with zero attached hydrogens (tertiary/aromatic N) is 2. The van der Waals surface area contributed by atoms with Crippen LogP contribution in [0.5, 0.6) is 0 Å². The fourth-order valence-electron chi connectivity index (χ4n) is 2.90. The lowest BCUT2D eigenvalue weighted by molar-refractivity contribution is -0.129. The second-order valence-electron chi connectivity index (χ2n) is 5.59. The first-order valence-electron chi connectivity index (χ1n) is 5.95. The summed E-state index contributed by atoms with van der Waals surface area (Å²) in [5.74, 6) is 0.478. The van der Waals surface area contributed by atoms with Crippen LogP contribution in [0.3, 0.4) is 0 Å². The van der Waals surface area contributed by atoms with Crippen molar-refractivity contribution in [3.63, 3.8) is 0 Å². The Kier molecular flexibility index (Phi) is 2.57. The number of fused-ring (bicyclic) bond motifs is 1. The lowest BCUT2D eigenvalue weighted by atomic mass is 9.80. The zero-order valence-corrected chi connectivity index (χ0v) is 10.4. The Hall–Kier alpha value is -0.900. The topological polar surface area (TPSA) is 52.9 Å². The second kappa shape index (κ2) is 3.55. The van der Waals surface area contributed by atoms with Crippen molar-refractivity contribution in [1.29, 1.82) is 0 Å². The third-order valence-electron chi connectivity index (χ3n) is 3.92. The van der Waals surface area contributed by atoms with Crippen molar-refractivity contribution in [1.82, 2.24) is 4.90 Å². The predicted molar refractivity (Wildman–Crippen MR) is 61.9 cm³/mol. The lowest BCUT2D eigenvalue weighted by Gasteiger charge is -2.33. The summed E-state index contributed by atoms with van der Waals surface area (Å²) in [7, 11) is 0.